The largest absolute Gasteiger partial charge is 0.309 e. The molecule has 1 aliphatic rings. The molecule has 1 heterocycles. The van der Waals surface area contributed by atoms with E-state index in [-0.39, 0.29) is 0 Å². The van der Waals surface area contributed by atoms with Crippen LogP contribution in [0.25, 0.3) is 63.3 Å². The molecule has 0 N–H and O–H groups in total. The molecule has 10 rings (SSSR count). The minimum Gasteiger partial charge on any atom is -0.309 e. The molecule has 9 aromatic rings. The summed E-state index contributed by atoms with van der Waals surface area (Å²) in [4.78, 5) is 2.62. The summed E-state index contributed by atoms with van der Waals surface area (Å²) in [6, 6.07) is 52.1. The lowest BCUT2D eigenvalue weighted by Gasteiger charge is -2.31. The van der Waals surface area contributed by atoms with Gasteiger partial charge in [-0.2, -0.15) is 0 Å². The number of anilines is 3. The van der Waals surface area contributed by atoms with Crippen molar-refractivity contribution in [2.75, 3.05) is 4.90 Å². The van der Waals surface area contributed by atoms with Crippen LogP contribution in [0.5, 0.6) is 0 Å². The van der Waals surface area contributed by atoms with Gasteiger partial charge in [-0.15, -0.1) is 11.3 Å². The number of rotatable bonds is 3. The zero-order chi connectivity index (χ0) is 30.2. The number of hydrogen-bond acceptors (Lipinski definition) is 2. The molecular weight excluding hydrogens is 575 g/mol. The van der Waals surface area contributed by atoms with Crippen LogP contribution in [0.4, 0.5) is 17.1 Å². The molecule has 46 heavy (non-hydrogen) atoms. The van der Waals surface area contributed by atoms with Crippen LogP contribution in [-0.4, -0.2) is 0 Å². The second-order valence-electron chi connectivity index (χ2n) is 12.7. The lowest BCUT2D eigenvalue weighted by Crippen LogP contribution is -2.14. The van der Waals surface area contributed by atoms with E-state index in [1.165, 1.54) is 98.7 Å². The molecule has 2 heteroatoms. The SMILES string of the molecule is c1ccc2c(c1)cc(N(c1cc3ccccc3c3ccccc13)c1cc3c(c4sc5ccccc5c14)CCCC3)c1ccccc12. The molecule has 0 spiro atoms. The van der Waals surface area contributed by atoms with Crippen molar-refractivity contribution in [3.63, 3.8) is 0 Å². The highest BCUT2D eigenvalue weighted by molar-refractivity contribution is 7.26. The number of fused-ring (bicyclic) bond motifs is 11. The van der Waals surface area contributed by atoms with E-state index in [1.807, 2.05) is 11.3 Å². The van der Waals surface area contributed by atoms with Gasteiger partial charge in [0, 0.05) is 30.9 Å². The van der Waals surface area contributed by atoms with Crippen molar-refractivity contribution in [3.8, 4) is 0 Å². The predicted octanol–water partition coefficient (Wildman–Crippen LogP) is 13.0. The lowest BCUT2D eigenvalue weighted by molar-refractivity contribution is 0.691. The highest BCUT2D eigenvalue weighted by atomic mass is 32.1. The molecule has 0 radical (unpaired) electrons. The van der Waals surface area contributed by atoms with Gasteiger partial charge in [-0.3, -0.25) is 0 Å². The molecule has 218 valence electrons. The molecule has 0 amide bonds. The summed E-state index contributed by atoms with van der Waals surface area (Å²) in [5, 5.41) is 13.0. The van der Waals surface area contributed by atoms with E-state index in [4.69, 9.17) is 0 Å². The summed E-state index contributed by atoms with van der Waals surface area (Å²) in [6.07, 6.45) is 4.82. The van der Waals surface area contributed by atoms with Gasteiger partial charge in [0.25, 0.3) is 0 Å². The molecule has 0 aliphatic heterocycles. The Morgan fingerprint density at radius 1 is 0.435 bits per heavy atom. The second-order valence-corrected chi connectivity index (χ2v) is 13.8. The highest BCUT2D eigenvalue weighted by Gasteiger charge is 2.26. The third kappa shape index (κ3) is 3.80. The maximum absolute atomic E-state index is 2.62. The van der Waals surface area contributed by atoms with Gasteiger partial charge < -0.3 is 4.90 Å². The van der Waals surface area contributed by atoms with E-state index in [9.17, 15) is 0 Å². The Morgan fingerprint density at radius 2 is 0.935 bits per heavy atom. The van der Waals surface area contributed by atoms with Crippen molar-refractivity contribution >= 4 is 91.7 Å². The first-order valence-electron chi connectivity index (χ1n) is 16.4. The van der Waals surface area contributed by atoms with Crippen LogP contribution in [0.3, 0.4) is 0 Å². The van der Waals surface area contributed by atoms with E-state index in [1.54, 1.807) is 5.56 Å². The summed E-state index contributed by atoms with van der Waals surface area (Å²) in [5.41, 5.74) is 6.82. The first kappa shape index (κ1) is 26.1. The van der Waals surface area contributed by atoms with Gasteiger partial charge >= 0.3 is 0 Å². The van der Waals surface area contributed by atoms with Crippen molar-refractivity contribution in [1.29, 1.82) is 0 Å². The van der Waals surface area contributed by atoms with E-state index >= 15 is 0 Å². The quantitative estimate of drug-likeness (QED) is 0.181. The monoisotopic (exact) mass is 605 g/mol. The van der Waals surface area contributed by atoms with Crippen LogP contribution >= 0.6 is 11.3 Å². The molecule has 0 fully saturated rings. The van der Waals surface area contributed by atoms with Gasteiger partial charge in [0.15, 0.2) is 0 Å². The number of thiophene rings is 1. The van der Waals surface area contributed by atoms with Gasteiger partial charge in [-0.05, 0) is 93.4 Å². The Labute approximate surface area is 271 Å². The fraction of sp³-hybridized carbons (Fsp3) is 0.0909. The number of nitrogens with zero attached hydrogens (tertiary/aromatic N) is 1. The minimum atomic E-state index is 1.14. The topological polar surface area (TPSA) is 3.24 Å². The third-order valence-electron chi connectivity index (χ3n) is 10.2. The summed E-state index contributed by atoms with van der Waals surface area (Å²) in [6.45, 7) is 0. The maximum Gasteiger partial charge on any atom is 0.0558 e. The average molecular weight is 606 g/mol. The first-order valence-corrected chi connectivity index (χ1v) is 17.2. The summed E-state index contributed by atoms with van der Waals surface area (Å²) in [7, 11) is 0. The predicted molar refractivity (Wildman–Crippen MR) is 201 cm³/mol. The Balaban J connectivity index is 1.43. The van der Waals surface area contributed by atoms with Crippen molar-refractivity contribution in [2.45, 2.75) is 25.7 Å². The zero-order valence-electron chi connectivity index (χ0n) is 25.5. The van der Waals surface area contributed by atoms with Crippen molar-refractivity contribution in [3.05, 3.63) is 151 Å². The minimum absolute atomic E-state index is 1.14. The van der Waals surface area contributed by atoms with Gasteiger partial charge in [-0.25, -0.2) is 0 Å². The summed E-state index contributed by atoms with van der Waals surface area (Å²) >= 11 is 1.98. The number of hydrogen-bond donors (Lipinski definition) is 0. The maximum atomic E-state index is 2.62. The van der Waals surface area contributed by atoms with Gasteiger partial charge in [0.05, 0.1) is 17.1 Å². The molecule has 0 bridgehead atoms. The fourth-order valence-electron chi connectivity index (χ4n) is 8.10. The number of aryl methyl sites for hydroxylation is 2. The molecule has 1 nitrogen and oxygen atoms in total. The van der Waals surface area contributed by atoms with Crippen molar-refractivity contribution in [2.24, 2.45) is 0 Å². The Bertz CT molecular complexity index is 2540. The molecule has 1 aromatic heterocycles. The summed E-state index contributed by atoms with van der Waals surface area (Å²) in [5.74, 6) is 0. The van der Waals surface area contributed by atoms with Crippen molar-refractivity contribution < 1.29 is 0 Å². The van der Waals surface area contributed by atoms with Gasteiger partial charge in [0.2, 0.25) is 0 Å². The fourth-order valence-corrected chi connectivity index (χ4v) is 9.42. The lowest BCUT2D eigenvalue weighted by atomic mass is 9.88. The van der Waals surface area contributed by atoms with Crippen LogP contribution in [-0.2, 0) is 12.8 Å². The zero-order valence-corrected chi connectivity index (χ0v) is 26.3. The van der Waals surface area contributed by atoms with E-state index in [0.29, 0.717) is 0 Å². The average Bonchev–Trinajstić information content (AvgIpc) is 3.52. The standard InChI is InChI=1S/C44H31NS/c1-4-16-31-28(13-1)25-39(36-21-9-7-19-34(31)36)45(40-26-29-14-2-5-17-32(29)35-20-8-10-22-37(35)40)41-27-30-15-3-6-18-33(30)44-43(41)38-23-11-12-24-42(38)46-44/h1-2,4-5,7-14,16-17,19-27H,3,6,15,18H2. The van der Waals surface area contributed by atoms with Crippen molar-refractivity contribution in [1.82, 2.24) is 0 Å². The molecule has 0 saturated heterocycles. The Hall–Kier alpha value is -5.18. The van der Waals surface area contributed by atoms with Gasteiger partial charge in [-0.1, -0.05) is 115 Å². The Morgan fingerprint density at radius 3 is 1.57 bits per heavy atom. The molecule has 0 saturated carbocycles. The third-order valence-corrected chi connectivity index (χ3v) is 11.4. The van der Waals surface area contributed by atoms with Crippen LogP contribution in [0.2, 0.25) is 0 Å². The molecular formula is C44H31NS. The first-order chi connectivity index (χ1) is 22.8. The highest BCUT2D eigenvalue weighted by Crippen LogP contribution is 2.52. The summed E-state index contributed by atoms with van der Waals surface area (Å²) < 4.78 is 2.83. The second kappa shape index (κ2) is 10.2. The van der Waals surface area contributed by atoms with Crippen LogP contribution < -0.4 is 4.90 Å². The smallest absolute Gasteiger partial charge is 0.0558 e. The van der Waals surface area contributed by atoms with E-state index in [2.05, 4.69) is 144 Å². The van der Waals surface area contributed by atoms with E-state index in [0.717, 1.165) is 12.8 Å². The number of benzene rings is 8. The molecule has 1 aliphatic carbocycles. The van der Waals surface area contributed by atoms with E-state index < -0.39 is 0 Å². The molecule has 8 aromatic carbocycles. The van der Waals surface area contributed by atoms with Gasteiger partial charge in [0.1, 0.15) is 0 Å². The van der Waals surface area contributed by atoms with Crippen LogP contribution in [0.1, 0.15) is 24.0 Å². The van der Waals surface area contributed by atoms with Crippen LogP contribution in [0, 0.1) is 0 Å². The molecule has 0 atom stereocenters. The van der Waals surface area contributed by atoms with Crippen LogP contribution in [0.15, 0.2) is 140 Å². The normalized spacial score (nSPS) is 13.3. The Kier molecular flexibility index (Phi) is 5.76. The molecule has 0 unspecified atom stereocenters.